The van der Waals surface area contributed by atoms with Crippen LogP contribution in [0.4, 0.5) is 0 Å². The molecule has 92 valence electrons. The Hall–Kier alpha value is 0.247. The lowest BCUT2D eigenvalue weighted by atomic mass is 10.9. The summed E-state index contributed by atoms with van der Waals surface area (Å²) in [5.41, 5.74) is 0. The fourth-order valence-electron chi connectivity index (χ4n) is 1.12. The average molecular weight is 258 g/mol. The molecule has 0 radical (unpaired) electrons. The van der Waals surface area contributed by atoms with Gasteiger partial charge in [0.1, 0.15) is 0 Å². The number of hydrogen-bond donors (Lipinski definition) is 0. The molecular weight excluding hydrogens is 239 g/mol. The lowest BCUT2D eigenvalue weighted by molar-refractivity contribution is 0.122. The Morgan fingerprint density at radius 1 is 0.933 bits per heavy atom. The monoisotopic (exact) mass is 258 g/mol. The van der Waals surface area contributed by atoms with Crippen molar-refractivity contribution in [2.24, 2.45) is 0 Å². The molecule has 0 aromatic rings. The lowest BCUT2D eigenvalue weighted by Gasteiger charge is -2.30. The predicted octanol–water partition coefficient (Wildman–Crippen LogP) is 1.63. The first-order chi connectivity index (χ1) is 7.05. The van der Waals surface area contributed by atoms with Crippen LogP contribution in [0.25, 0.3) is 0 Å². The smallest absolute Gasteiger partial charge is 0.369 e. The Kier molecular flexibility index (Phi) is 6.86. The van der Waals surface area contributed by atoms with Gasteiger partial charge < -0.3 is 22.3 Å². The molecule has 0 unspecified atom stereocenters. The highest BCUT2D eigenvalue weighted by Gasteiger charge is 2.61. The average Bonchev–Trinajstić information content (AvgIpc) is 2.21. The molecule has 0 saturated heterocycles. The maximum atomic E-state index is 12.4. The van der Waals surface area contributed by atoms with Crippen molar-refractivity contribution >= 4 is 15.6 Å². The largest absolute Gasteiger partial charge is 0.626 e. The highest BCUT2D eigenvalue weighted by atomic mass is 31.5. The summed E-state index contributed by atoms with van der Waals surface area (Å²) < 4.78 is 37.9. The molecule has 0 N–H and O–H groups in total. The normalized spacial score (nSPS) is 13.1. The van der Waals surface area contributed by atoms with E-state index in [9.17, 15) is 4.57 Å². The van der Waals surface area contributed by atoms with E-state index in [1.807, 2.05) is 0 Å². The zero-order valence-corrected chi connectivity index (χ0v) is 11.7. The van der Waals surface area contributed by atoms with Crippen LogP contribution >= 0.6 is 7.14 Å². The van der Waals surface area contributed by atoms with Crippen LogP contribution in [0.5, 0.6) is 0 Å². The number of hydrogen-bond acceptors (Lipinski definition) is 6. The van der Waals surface area contributed by atoms with Crippen LogP contribution in [-0.4, -0.2) is 43.0 Å². The molecule has 0 aliphatic carbocycles. The molecule has 6 nitrogen and oxygen atoms in total. The van der Waals surface area contributed by atoms with Crippen molar-refractivity contribution in [1.82, 2.24) is 0 Å². The van der Waals surface area contributed by atoms with Gasteiger partial charge in [0.2, 0.25) is 0 Å². The van der Waals surface area contributed by atoms with Crippen LogP contribution in [0.1, 0.15) is 13.8 Å². The van der Waals surface area contributed by atoms with Gasteiger partial charge in [-0.25, -0.2) is 0 Å². The fraction of sp³-hybridized carbons (Fsp3) is 1.00. The molecule has 0 spiro atoms. The van der Waals surface area contributed by atoms with Crippen molar-refractivity contribution in [3.8, 4) is 0 Å². The maximum Gasteiger partial charge on any atom is 0.626 e. The van der Waals surface area contributed by atoms with Crippen molar-refractivity contribution in [2.45, 2.75) is 13.8 Å². The summed E-state index contributed by atoms with van der Waals surface area (Å²) in [7, 11) is -2.80. The quantitative estimate of drug-likeness (QED) is 0.487. The second kappa shape index (κ2) is 6.75. The standard InChI is InChI=1S/C7H19O6PSi/c1-6-12-14(8,13-7-2)15(9-3,10-4)11-5/h6-7H2,1-5H3. The first kappa shape index (κ1) is 15.2. The summed E-state index contributed by atoms with van der Waals surface area (Å²) in [5.74, 6) is 0. The summed E-state index contributed by atoms with van der Waals surface area (Å²) in [6.07, 6.45) is 0. The van der Waals surface area contributed by atoms with E-state index in [0.717, 1.165) is 0 Å². The minimum Gasteiger partial charge on any atom is -0.369 e. The van der Waals surface area contributed by atoms with E-state index in [1.165, 1.54) is 21.3 Å². The van der Waals surface area contributed by atoms with Crippen LogP contribution < -0.4 is 0 Å². The van der Waals surface area contributed by atoms with E-state index < -0.39 is 15.6 Å². The molecule has 0 fully saturated rings. The molecule has 0 amide bonds. The Morgan fingerprint density at radius 3 is 1.47 bits per heavy atom. The van der Waals surface area contributed by atoms with E-state index >= 15 is 0 Å². The summed E-state index contributed by atoms with van der Waals surface area (Å²) in [6.45, 7) is 3.90. The first-order valence-corrected chi connectivity index (χ1v) is 8.71. The van der Waals surface area contributed by atoms with Gasteiger partial charge in [0.15, 0.2) is 0 Å². The van der Waals surface area contributed by atoms with Crippen molar-refractivity contribution in [3.05, 3.63) is 0 Å². The van der Waals surface area contributed by atoms with E-state index in [2.05, 4.69) is 0 Å². The molecule has 0 atom stereocenters. The van der Waals surface area contributed by atoms with E-state index in [4.69, 9.17) is 22.3 Å². The van der Waals surface area contributed by atoms with Gasteiger partial charge in [0, 0.05) is 21.3 Å². The highest BCUT2D eigenvalue weighted by molar-refractivity contribution is 7.89. The Labute approximate surface area is 91.6 Å². The van der Waals surface area contributed by atoms with Crippen LogP contribution in [0.2, 0.25) is 0 Å². The predicted molar refractivity (Wildman–Crippen MR) is 57.6 cm³/mol. The number of rotatable bonds is 8. The molecule has 0 saturated carbocycles. The molecule has 0 aliphatic rings. The Bertz CT molecular complexity index is 201. The second-order valence-corrected chi connectivity index (χ2v) is 9.54. The van der Waals surface area contributed by atoms with Gasteiger partial charge in [-0.15, -0.1) is 0 Å². The van der Waals surface area contributed by atoms with Gasteiger partial charge in [0.05, 0.1) is 13.2 Å². The molecule has 0 bridgehead atoms. The maximum absolute atomic E-state index is 12.4. The van der Waals surface area contributed by atoms with Crippen molar-refractivity contribution in [2.75, 3.05) is 34.5 Å². The SMILES string of the molecule is CCOP(=O)(OCC)[Si](OC)(OC)OC. The third-order valence-electron chi connectivity index (χ3n) is 1.71. The topological polar surface area (TPSA) is 63.2 Å². The second-order valence-electron chi connectivity index (χ2n) is 2.47. The molecule has 0 aromatic heterocycles. The molecule has 0 rings (SSSR count). The summed E-state index contributed by atoms with van der Waals surface area (Å²) in [5, 5.41) is 0. The van der Waals surface area contributed by atoms with E-state index in [0.29, 0.717) is 0 Å². The van der Waals surface area contributed by atoms with Crippen molar-refractivity contribution < 1.29 is 26.9 Å². The van der Waals surface area contributed by atoms with Gasteiger partial charge >= 0.3 is 15.6 Å². The zero-order chi connectivity index (χ0) is 11.9. The van der Waals surface area contributed by atoms with Gasteiger partial charge in [-0.3, -0.25) is 4.57 Å². The molecule has 0 heterocycles. The molecule has 8 heteroatoms. The zero-order valence-electron chi connectivity index (χ0n) is 9.81. The van der Waals surface area contributed by atoms with Crippen LogP contribution in [0.3, 0.4) is 0 Å². The van der Waals surface area contributed by atoms with Crippen molar-refractivity contribution in [1.29, 1.82) is 0 Å². The summed E-state index contributed by atoms with van der Waals surface area (Å²) >= 11 is 0. The summed E-state index contributed by atoms with van der Waals surface area (Å²) in [6, 6.07) is 0. The van der Waals surface area contributed by atoms with Gasteiger partial charge in [-0.1, -0.05) is 0 Å². The molecular formula is C7H19O6PSi. The van der Waals surface area contributed by atoms with Crippen molar-refractivity contribution in [3.63, 3.8) is 0 Å². The molecule has 0 aromatic carbocycles. The van der Waals surface area contributed by atoms with Crippen LogP contribution in [0.15, 0.2) is 0 Å². The van der Waals surface area contributed by atoms with E-state index in [1.54, 1.807) is 13.8 Å². The Morgan fingerprint density at radius 2 is 1.27 bits per heavy atom. The van der Waals surface area contributed by atoms with Gasteiger partial charge in [-0.05, 0) is 13.8 Å². The third-order valence-corrected chi connectivity index (χ3v) is 9.55. The third kappa shape index (κ3) is 3.10. The first-order valence-electron chi connectivity index (χ1n) is 4.60. The minimum absolute atomic E-state index is 0.238. The lowest BCUT2D eigenvalue weighted by Crippen LogP contribution is -2.44. The summed E-state index contributed by atoms with van der Waals surface area (Å²) in [4.78, 5) is 0. The minimum atomic E-state index is -3.49. The molecule has 0 aliphatic heterocycles. The van der Waals surface area contributed by atoms with Gasteiger partial charge in [0.25, 0.3) is 0 Å². The highest BCUT2D eigenvalue weighted by Crippen LogP contribution is 2.57. The van der Waals surface area contributed by atoms with E-state index in [-0.39, 0.29) is 13.2 Å². The van der Waals surface area contributed by atoms with Crippen LogP contribution in [-0.2, 0) is 26.9 Å². The van der Waals surface area contributed by atoms with Gasteiger partial charge in [-0.2, -0.15) is 0 Å². The fourth-order valence-corrected chi connectivity index (χ4v) is 7.10. The molecule has 15 heavy (non-hydrogen) atoms. The Balaban J connectivity index is 5.07. The van der Waals surface area contributed by atoms with Crippen LogP contribution in [0, 0.1) is 0 Å².